The van der Waals surface area contributed by atoms with Gasteiger partial charge in [0.15, 0.2) is 39.8 Å². The summed E-state index contributed by atoms with van der Waals surface area (Å²) in [5, 5.41) is 31.3. The zero-order valence-corrected chi connectivity index (χ0v) is 26.6. The van der Waals surface area contributed by atoms with Gasteiger partial charge in [0.25, 0.3) is 5.79 Å². The van der Waals surface area contributed by atoms with Gasteiger partial charge in [-0.25, -0.2) is 14.5 Å². The molecule has 3 N–H and O–H groups in total. The summed E-state index contributed by atoms with van der Waals surface area (Å²) in [4.78, 5) is 24.5. The van der Waals surface area contributed by atoms with E-state index < -0.39 is 67.7 Å². The van der Waals surface area contributed by atoms with Crippen LogP contribution in [0.25, 0.3) is 11.2 Å². The van der Waals surface area contributed by atoms with Crippen LogP contribution in [0.15, 0.2) is 6.33 Å². The highest BCUT2D eigenvalue weighted by molar-refractivity contribution is 6.74. The minimum atomic E-state index is -4.86. The molecule has 2 aromatic heterocycles. The molecule has 16 heteroatoms. The summed E-state index contributed by atoms with van der Waals surface area (Å²) in [6, 6.07) is 0. The van der Waals surface area contributed by atoms with E-state index in [0.717, 1.165) is 0 Å². The Balaban J connectivity index is 2.69. The summed E-state index contributed by atoms with van der Waals surface area (Å²) in [5.74, 6) is -10.9. The quantitative estimate of drug-likeness (QED) is 0.165. The number of hydrogen-bond acceptors (Lipinski definition) is 9. The predicted molar refractivity (Wildman–Crippen MR) is 144 cm³/mol. The number of aromatic nitrogens is 4. The fourth-order valence-electron chi connectivity index (χ4n) is 2.88. The van der Waals surface area contributed by atoms with Crippen LogP contribution in [0, 0.1) is 0 Å². The van der Waals surface area contributed by atoms with Crippen molar-refractivity contribution >= 4 is 56.9 Å². The van der Waals surface area contributed by atoms with Crippen LogP contribution >= 0.6 is 23.2 Å². The van der Waals surface area contributed by atoms with Crippen LogP contribution in [0.3, 0.4) is 0 Å². The van der Waals surface area contributed by atoms with Gasteiger partial charge >= 0.3 is 11.8 Å². The van der Waals surface area contributed by atoms with Gasteiger partial charge in [-0.1, -0.05) is 53.1 Å². The number of aliphatic hydroxyl groups is 3. The Hall–Kier alpha value is -1.11. The Kier molecular flexibility index (Phi) is 9.04. The number of alkyl halides is 2. The molecule has 1 unspecified atom stereocenters. The normalized spacial score (nSPS) is 17.4. The first-order valence-electron chi connectivity index (χ1n) is 11.8. The van der Waals surface area contributed by atoms with E-state index in [-0.39, 0.29) is 10.7 Å². The Labute approximate surface area is 232 Å². The van der Waals surface area contributed by atoms with Gasteiger partial charge in [0, 0.05) is 0 Å². The highest BCUT2D eigenvalue weighted by atomic mass is 35.5. The number of hydrogen-bond donors (Lipinski definition) is 3. The van der Waals surface area contributed by atoms with Crippen molar-refractivity contribution in [2.75, 3.05) is 0 Å². The van der Waals surface area contributed by atoms with Crippen LogP contribution in [0.1, 0.15) is 46.3 Å². The number of aliphatic hydroxyl groups excluding tert-OH is 2. The second-order valence-electron chi connectivity index (χ2n) is 12.2. The maximum absolute atomic E-state index is 16.2. The minimum absolute atomic E-state index is 0.198. The minimum Gasteiger partial charge on any atom is -0.390 e. The van der Waals surface area contributed by atoms with Gasteiger partial charge in [0.2, 0.25) is 5.28 Å². The Morgan fingerprint density at radius 3 is 1.97 bits per heavy atom. The fourth-order valence-corrected chi connectivity index (χ4v) is 5.72. The van der Waals surface area contributed by atoms with Crippen LogP contribution in [0.4, 0.5) is 8.78 Å². The molecule has 0 spiro atoms. The van der Waals surface area contributed by atoms with Gasteiger partial charge in [0.1, 0.15) is 11.8 Å². The molecule has 10 nitrogen and oxygen atoms in total. The van der Waals surface area contributed by atoms with E-state index in [2.05, 4.69) is 15.0 Å². The van der Waals surface area contributed by atoms with Gasteiger partial charge in [-0.3, -0.25) is 4.79 Å². The zero-order valence-electron chi connectivity index (χ0n) is 23.1. The first kappa shape index (κ1) is 33.1. The Morgan fingerprint density at radius 1 is 1.00 bits per heavy atom. The van der Waals surface area contributed by atoms with Crippen molar-refractivity contribution in [3.05, 3.63) is 16.8 Å². The molecule has 3 atom stereocenters. The monoisotopic (exact) mass is 616 g/mol. The molecule has 0 radical (unpaired) electrons. The second-order valence-corrected chi connectivity index (χ2v) is 22.4. The molecule has 2 aromatic rings. The van der Waals surface area contributed by atoms with Crippen molar-refractivity contribution in [2.24, 2.45) is 0 Å². The molecule has 0 amide bonds. The average Bonchev–Trinajstić information content (AvgIpc) is 3.13. The lowest BCUT2D eigenvalue weighted by atomic mass is 10.0. The van der Waals surface area contributed by atoms with E-state index in [1.165, 1.54) is 13.1 Å². The van der Waals surface area contributed by atoms with Crippen LogP contribution in [0.2, 0.25) is 46.7 Å². The van der Waals surface area contributed by atoms with E-state index in [9.17, 15) is 20.1 Å². The average molecular weight is 618 g/mol. The number of fused-ring (bicyclic) bond motifs is 1. The molecular formula is C22H36Cl2F2N4O6Si2. The number of nitrogens with zero attached hydrogens (tertiary/aromatic N) is 4. The smallest absolute Gasteiger partial charge is 0.379 e. The van der Waals surface area contributed by atoms with Gasteiger partial charge in [-0.2, -0.15) is 13.8 Å². The molecule has 38 heavy (non-hydrogen) atoms. The van der Waals surface area contributed by atoms with E-state index in [4.69, 9.17) is 32.1 Å². The third-order valence-electron chi connectivity index (χ3n) is 7.37. The molecule has 0 bridgehead atoms. The second kappa shape index (κ2) is 10.4. The van der Waals surface area contributed by atoms with Crippen LogP contribution in [0.5, 0.6) is 0 Å². The Morgan fingerprint density at radius 2 is 1.50 bits per heavy atom. The molecule has 0 saturated carbocycles. The van der Waals surface area contributed by atoms with Crippen molar-refractivity contribution < 1.29 is 37.7 Å². The fraction of sp³-hybridized carbons (Fsp3) is 0.727. The lowest BCUT2D eigenvalue weighted by Gasteiger charge is -2.48. The van der Waals surface area contributed by atoms with E-state index >= 15 is 8.78 Å². The summed E-state index contributed by atoms with van der Waals surface area (Å²) < 4.78 is 44.0. The summed E-state index contributed by atoms with van der Waals surface area (Å²) >= 11 is 11.7. The van der Waals surface area contributed by atoms with E-state index in [1.807, 2.05) is 20.8 Å². The molecule has 0 saturated heterocycles. The van der Waals surface area contributed by atoms with Gasteiger partial charge in [-0.05, 0) is 47.9 Å². The molecule has 2 heterocycles. The first-order valence-corrected chi connectivity index (χ1v) is 18.3. The lowest BCUT2D eigenvalue weighted by molar-refractivity contribution is -0.333. The lowest BCUT2D eigenvalue weighted by Crippen LogP contribution is -2.70. The van der Waals surface area contributed by atoms with Crippen molar-refractivity contribution in [2.45, 2.75) is 102 Å². The largest absolute Gasteiger partial charge is 0.390 e. The first-order chi connectivity index (χ1) is 16.8. The summed E-state index contributed by atoms with van der Waals surface area (Å²) in [5.41, 5.74) is -0.655. The number of carbonyl (C=O) groups is 1. The molecule has 0 fully saturated rings. The zero-order chi connectivity index (χ0) is 29.9. The molecule has 2 rings (SSSR count). The molecule has 216 valence electrons. The van der Waals surface area contributed by atoms with Crippen molar-refractivity contribution in [1.82, 2.24) is 19.5 Å². The van der Waals surface area contributed by atoms with E-state index in [1.54, 1.807) is 33.9 Å². The predicted octanol–water partition coefficient (Wildman–Crippen LogP) is 4.82. The standard InChI is InChI=1S/C22H36Cl2F2N4O6Si2/c1-19(2,3)37(7,8)35-16(32)13(31)22(34,36-38(9,10)20(4,5)6)21(25,26)17(33)30-11-27-12-14(23)28-18(24)29-15(12)30/h11,13,16,31-32,34H,1-10H3/t13-,16?,22+/m1/s1. The molecular weight excluding hydrogens is 581 g/mol. The maximum Gasteiger partial charge on any atom is 0.379 e. The van der Waals surface area contributed by atoms with Crippen LogP contribution in [-0.4, -0.2) is 81.5 Å². The third-order valence-corrected chi connectivity index (χ3v) is 16.7. The van der Waals surface area contributed by atoms with Crippen LogP contribution < -0.4 is 0 Å². The summed E-state index contributed by atoms with van der Waals surface area (Å²) in [6.45, 7) is 17.1. The molecule has 0 aliphatic carbocycles. The van der Waals surface area contributed by atoms with Crippen molar-refractivity contribution in [1.29, 1.82) is 0 Å². The highest BCUT2D eigenvalue weighted by Crippen LogP contribution is 2.46. The van der Waals surface area contributed by atoms with E-state index in [0.29, 0.717) is 10.9 Å². The third kappa shape index (κ3) is 5.98. The van der Waals surface area contributed by atoms with Gasteiger partial charge < -0.3 is 24.2 Å². The SMILES string of the molecule is CC(C)(C)[Si](C)(C)OC(O)[C@@H](O)[C@](O)(O[Si](C)(C)C(C)(C)C)C(F)(F)C(=O)n1cnc2c(Cl)nc(Cl)nc21. The molecule has 0 aliphatic rings. The molecule has 0 aliphatic heterocycles. The van der Waals surface area contributed by atoms with Crippen molar-refractivity contribution in [3.8, 4) is 0 Å². The molecule has 0 aromatic carbocycles. The highest BCUT2D eigenvalue weighted by Gasteiger charge is 2.68. The number of imidazole rings is 1. The summed E-state index contributed by atoms with van der Waals surface area (Å²) in [7, 11) is -6.20. The Bertz CT molecular complexity index is 1200. The van der Waals surface area contributed by atoms with Crippen LogP contribution in [-0.2, 0) is 8.85 Å². The van der Waals surface area contributed by atoms with Gasteiger partial charge in [0.05, 0.1) is 0 Å². The number of halogens is 4. The van der Waals surface area contributed by atoms with Crippen molar-refractivity contribution in [3.63, 3.8) is 0 Å². The van der Waals surface area contributed by atoms with Gasteiger partial charge in [-0.15, -0.1) is 0 Å². The maximum atomic E-state index is 16.2. The summed E-state index contributed by atoms with van der Waals surface area (Å²) in [6.07, 6.45) is -4.38. The topological polar surface area (TPSA) is 140 Å². The number of rotatable bonds is 8. The number of carbonyl (C=O) groups excluding carboxylic acids is 1.